The molecule has 2 atom stereocenters. The number of fused-ring (bicyclic) bond motifs is 2. The van der Waals surface area contributed by atoms with Gasteiger partial charge in [0.1, 0.15) is 29.6 Å². The summed E-state index contributed by atoms with van der Waals surface area (Å²) in [6.07, 6.45) is 2.33. The van der Waals surface area contributed by atoms with Gasteiger partial charge >= 0.3 is 0 Å². The molecule has 0 unspecified atom stereocenters. The summed E-state index contributed by atoms with van der Waals surface area (Å²) >= 11 is 6.03. The standard InChI is InChI=1S/C24H29ClFN3O2/c1-15(2)23-18-7-6-17(26)13-21(18)31-14-24(23,30)9-11-27-10-3-4-22-28-19-8-5-16(25)12-20(19)29-22/h5-8,12-13,15,23,27,30H,3-4,9-11,14H2,1-2H3,(H,28,29)/t23-,24+/m0/s1. The van der Waals surface area contributed by atoms with Gasteiger partial charge in [-0.1, -0.05) is 31.5 Å². The van der Waals surface area contributed by atoms with Crippen molar-refractivity contribution in [2.45, 2.75) is 44.6 Å². The lowest BCUT2D eigenvalue weighted by molar-refractivity contribution is -0.0595. The summed E-state index contributed by atoms with van der Waals surface area (Å²) in [6, 6.07) is 10.2. The minimum absolute atomic E-state index is 0.0963. The number of benzene rings is 2. The van der Waals surface area contributed by atoms with Crippen molar-refractivity contribution in [1.29, 1.82) is 0 Å². The van der Waals surface area contributed by atoms with Gasteiger partial charge in [-0.3, -0.25) is 0 Å². The molecule has 1 aliphatic rings. The molecule has 7 heteroatoms. The van der Waals surface area contributed by atoms with Crippen molar-refractivity contribution in [3.63, 3.8) is 0 Å². The van der Waals surface area contributed by atoms with Crippen molar-refractivity contribution < 1.29 is 14.2 Å². The first-order valence-corrected chi connectivity index (χ1v) is 11.2. The van der Waals surface area contributed by atoms with E-state index in [4.69, 9.17) is 16.3 Å². The highest BCUT2D eigenvalue weighted by atomic mass is 35.5. The maximum Gasteiger partial charge on any atom is 0.126 e. The predicted molar refractivity (Wildman–Crippen MR) is 121 cm³/mol. The van der Waals surface area contributed by atoms with Crippen molar-refractivity contribution >= 4 is 22.6 Å². The number of aromatic nitrogens is 2. The molecule has 0 aliphatic carbocycles. The van der Waals surface area contributed by atoms with Gasteiger partial charge in [0.15, 0.2) is 0 Å². The lowest BCUT2D eigenvalue weighted by atomic mass is 9.72. The molecule has 0 fully saturated rings. The van der Waals surface area contributed by atoms with Crippen molar-refractivity contribution in [2.75, 3.05) is 19.7 Å². The second-order valence-corrected chi connectivity index (χ2v) is 9.18. The number of aryl methyl sites for hydroxylation is 1. The summed E-state index contributed by atoms with van der Waals surface area (Å²) < 4.78 is 19.3. The Morgan fingerprint density at radius 2 is 2.13 bits per heavy atom. The van der Waals surface area contributed by atoms with Gasteiger partial charge < -0.3 is 20.1 Å². The van der Waals surface area contributed by atoms with Crippen LogP contribution in [0.2, 0.25) is 5.02 Å². The third kappa shape index (κ3) is 4.86. The SMILES string of the molecule is CC(C)[C@H]1c2ccc(F)cc2OC[C@]1(O)CCNCCCc1nc2ccc(Cl)cc2[nH]1. The second kappa shape index (κ2) is 9.15. The van der Waals surface area contributed by atoms with Crippen LogP contribution in [0, 0.1) is 11.7 Å². The molecule has 1 aliphatic heterocycles. The zero-order chi connectivity index (χ0) is 22.0. The number of ether oxygens (including phenoxy) is 1. The minimum Gasteiger partial charge on any atom is -0.490 e. The van der Waals surface area contributed by atoms with Gasteiger partial charge in [0.05, 0.1) is 11.0 Å². The first kappa shape index (κ1) is 22.1. The lowest BCUT2D eigenvalue weighted by Crippen LogP contribution is -2.49. The van der Waals surface area contributed by atoms with Gasteiger partial charge in [-0.2, -0.15) is 0 Å². The molecule has 31 heavy (non-hydrogen) atoms. The van der Waals surface area contributed by atoms with E-state index in [1.165, 1.54) is 12.1 Å². The summed E-state index contributed by atoms with van der Waals surface area (Å²) in [6.45, 7) is 5.85. The molecule has 3 N–H and O–H groups in total. The first-order chi connectivity index (χ1) is 14.9. The smallest absolute Gasteiger partial charge is 0.126 e. The van der Waals surface area contributed by atoms with E-state index >= 15 is 0 Å². The topological polar surface area (TPSA) is 70.2 Å². The fourth-order valence-corrected chi connectivity index (χ4v) is 4.82. The molecule has 166 valence electrons. The van der Waals surface area contributed by atoms with Crippen LogP contribution < -0.4 is 10.1 Å². The van der Waals surface area contributed by atoms with Crippen LogP contribution in [0.3, 0.4) is 0 Å². The predicted octanol–water partition coefficient (Wildman–Crippen LogP) is 4.83. The molecule has 0 saturated heterocycles. The third-order valence-electron chi connectivity index (χ3n) is 6.03. The molecule has 2 heterocycles. The van der Waals surface area contributed by atoms with E-state index in [1.54, 1.807) is 6.07 Å². The van der Waals surface area contributed by atoms with Gasteiger partial charge in [0, 0.05) is 29.0 Å². The summed E-state index contributed by atoms with van der Waals surface area (Å²) in [5, 5.41) is 15.5. The largest absolute Gasteiger partial charge is 0.490 e. The average molecular weight is 446 g/mol. The molecule has 3 aromatic rings. The normalized spacial score (nSPS) is 20.8. The number of nitrogens with zero attached hydrogens (tertiary/aromatic N) is 1. The van der Waals surface area contributed by atoms with Gasteiger partial charge in [0.2, 0.25) is 0 Å². The van der Waals surface area contributed by atoms with E-state index in [2.05, 4.69) is 29.1 Å². The number of hydrogen-bond acceptors (Lipinski definition) is 4. The zero-order valence-corrected chi connectivity index (χ0v) is 18.7. The average Bonchev–Trinajstić information content (AvgIpc) is 3.12. The fourth-order valence-electron chi connectivity index (χ4n) is 4.64. The Morgan fingerprint density at radius 3 is 2.94 bits per heavy atom. The van der Waals surface area contributed by atoms with Crippen LogP contribution in [0.1, 0.15) is 44.0 Å². The number of halogens is 2. The Kier molecular flexibility index (Phi) is 6.51. The minimum atomic E-state index is -0.982. The van der Waals surface area contributed by atoms with E-state index in [0.29, 0.717) is 23.7 Å². The molecule has 4 rings (SSSR count). The van der Waals surface area contributed by atoms with E-state index in [0.717, 1.165) is 41.8 Å². The summed E-state index contributed by atoms with van der Waals surface area (Å²) in [5.74, 6) is 1.28. The molecule has 0 saturated carbocycles. The highest BCUT2D eigenvalue weighted by Gasteiger charge is 2.44. The Labute approximate surface area is 187 Å². The van der Waals surface area contributed by atoms with E-state index in [-0.39, 0.29) is 24.3 Å². The quantitative estimate of drug-likeness (QED) is 0.434. The van der Waals surface area contributed by atoms with Crippen LogP contribution in [0.4, 0.5) is 4.39 Å². The number of rotatable bonds is 8. The maximum atomic E-state index is 13.6. The van der Waals surface area contributed by atoms with Gasteiger partial charge in [0.25, 0.3) is 0 Å². The van der Waals surface area contributed by atoms with Gasteiger partial charge in [-0.05, 0) is 56.1 Å². The Hall–Kier alpha value is -2.15. The molecule has 2 aromatic carbocycles. The number of nitrogens with one attached hydrogen (secondary N) is 2. The zero-order valence-electron chi connectivity index (χ0n) is 17.9. The lowest BCUT2D eigenvalue weighted by Gasteiger charge is -2.43. The Balaban J connectivity index is 1.28. The monoisotopic (exact) mass is 445 g/mol. The molecule has 5 nitrogen and oxygen atoms in total. The third-order valence-corrected chi connectivity index (χ3v) is 6.26. The summed E-state index contributed by atoms with van der Waals surface area (Å²) in [5.41, 5.74) is 1.78. The number of aliphatic hydroxyl groups is 1. The summed E-state index contributed by atoms with van der Waals surface area (Å²) in [7, 11) is 0. The van der Waals surface area contributed by atoms with Crippen molar-refractivity contribution in [2.24, 2.45) is 5.92 Å². The van der Waals surface area contributed by atoms with E-state index in [1.807, 2.05) is 18.2 Å². The molecule has 0 spiro atoms. The van der Waals surface area contributed by atoms with Crippen molar-refractivity contribution in [3.05, 3.63) is 58.6 Å². The summed E-state index contributed by atoms with van der Waals surface area (Å²) in [4.78, 5) is 7.90. The van der Waals surface area contributed by atoms with Crippen molar-refractivity contribution in [1.82, 2.24) is 15.3 Å². The van der Waals surface area contributed by atoms with Crippen LogP contribution in [-0.2, 0) is 6.42 Å². The fraction of sp³-hybridized carbons (Fsp3) is 0.458. The van der Waals surface area contributed by atoms with Crippen LogP contribution in [0.25, 0.3) is 11.0 Å². The van der Waals surface area contributed by atoms with Crippen LogP contribution in [-0.4, -0.2) is 40.4 Å². The van der Waals surface area contributed by atoms with Crippen LogP contribution in [0.15, 0.2) is 36.4 Å². The number of aromatic amines is 1. The molecule has 0 bridgehead atoms. The maximum absolute atomic E-state index is 13.6. The number of imidazole rings is 1. The molecule has 0 radical (unpaired) electrons. The highest BCUT2D eigenvalue weighted by molar-refractivity contribution is 6.31. The van der Waals surface area contributed by atoms with E-state index in [9.17, 15) is 9.50 Å². The first-order valence-electron chi connectivity index (χ1n) is 10.9. The Bertz CT molecular complexity index is 1050. The molecule has 1 aromatic heterocycles. The highest BCUT2D eigenvalue weighted by Crippen LogP contribution is 2.45. The van der Waals surface area contributed by atoms with Gasteiger partial charge in [-0.15, -0.1) is 0 Å². The van der Waals surface area contributed by atoms with E-state index < -0.39 is 5.60 Å². The molecular weight excluding hydrogens is 417 g/mol. The second-order valence-electron chi connectivity index (χ2n) is 8.74. The number of H-pyrrole nitrogens is 1. The number of hydrogen-bond donors (Lipinski definition) is 3. The Morgan fingerprint density at radius 1 is 1.29 bits per heavy atom. The van der Waals surface area contributed by atoms with Crippen LogP contribution in [0.5, 0.6) is 5.75 Å². The molecular formula is C24H29ClFN3O2. The van der Waals surface area contributed by atoms with Crippen molar-refractivity contribution in [3.8, 4) is 5.75 Å². The van der Waals surface area contributed by atoms with Crippen LogP contribution >= 0.6 is 11.6 Å². The van der Waals surface area contributed by atoms with Gasteiger partial charge in [-0.25, -0.2) is 9.37 Å². The molecule has 0 amide bonds.